The van der Waals surface area contributed by atoms with E-state index in [4.69, 9.17) is 9.15 Å². The maximum atomic E-state index is 5.94. The first-order valence-corrected chi connectivity index (χ1v) is 10.7. The molecule has 2 aliphatic rings. The number of nitrogens with zero attached hydrogens (tertiary/aromatic N) is 3. The molecule has 1 aromatic heterocycles. The van der Waals surface area contributed by atoms with Gasteiger partial charge in [-0.15, -0.1) is 0 Å². The predicted molar refractivity (Wildman–Crippen MR) is 113 cm³/mol. The smallest absolute Gasteiger partial charge is 0.191 e. The molecule has 2 fully saturated rings. The van der Waals surface area contributed by atoms with Crippen molar-refractivity contribution in [2.24, 2.45) is 10.9 Å². The van der Waals surface area contributed by atoms with Crippen LogP contribution in [0.3, 0.4) is 0 Å². The number of hydrogen-bond acceptors (Lipinski definition) is 5. The van der Waals surface area contributed by atoms with E-state index in [1.165, 1.54) is 12.8 Å². The number of likely N-dealkylation sites (tertiary alicyclic amines) is 1. The Bertz CT molecular complexity index is 584. The number of guanidine groups is 1. The van der Waals surface area contributed by atoms with Crippen LogP contribution in [0.5, 0.6) is 0 Å². The monoisotopic (exact) mass is 391 g/mol. The zero-order valence-corrected chi connectivity index (χ0v) is 17.7. The maximum Gasteiger partial charge on any atom is 0.191 e. The van der Waals surface area contributed by atoms with Crippen LogP contribution >= 0.6 is 0 Å². The fourth-order valence-electron chi connectivity index (χ4n) is 4.15. The zero-order chi connectivity index (χ0) is 19.8. The molecule has 28 heavy (non-hydrogen) atoms. The first-order valence-electron chi connectivity index (χ1n) is 10.7. The Morgan fingerprint density at radius 2 is 2.07 bits per heavy atom. The zero-order valence-electron chi connectivity index (χ0n) is 17.7. The van der Waals surface area contributed by atoms with Gasteiger partial charge in [0, 0.05) is 39.8 Å². The summed E-state index contributed by atoms with van der Waals surface area (Å²) in [7, 11) is 1.82. The third-order valence-corrected chi connectivity index (χ3v) is 5.48. The summed E-state index contributed by atoms with van der Waals surface area (Å²) in [5.41, 5.74) is 0. The van der Waals surface area contributed by atoms with Gasteiger partial charge in [-0.2, -0.15) is 0 Å². The lowest BCUT2D eigenvalue weighted by Gasteiger charge is -2.34. The highest BCUT2D eigenvalue weighted by atomic mass is 16.5. The summed E-state index contributed by atoms with van der Waals surface area (Å²) in [6, 6.07) is 4.28. The van der Waals surface area contributed by atoms with Crippen molar-refractivity contribution in [2.45, 2.75) is 38.8 Å². The van der Waals surface area contributed by atoms with Crippen LogP contribution in [0, 0.1) is 5.92 Å². The molecule has 7 nitrogen and oxygen atoms in total. The van der Waals surface area contributed by atoms with E-state index in [0.29, 0.717) is 5.92 Å². The van der Waals surface area contributed by atoms with E-state index in [2.05, 4.69) is 45.3 Å². The lowest BCUT2D eigenvalue weighted by atomic mass is 10.2. The predicted octanol–water partition coefficient (Wildman–Crippen LogP) is 1.94. The number of nitrogens with one attached hydrogen (secondary N) is 2. The van der Waals surface area contributed by atoms with E-state index in [0.717, 1.165) is 64.1 Å². The van der Waals surface area contributed by atoms with Crippen LogP contribution < -0.4 is 10.6 Å². The van der Waals surface area contributed by atoms with Gasteiger partial charge >= 0.3 is 0 Å². The van der Waals surface area contributed by atoms with Crippen molar-refractivity contribution in [1.29, 1.82) is 0 Å². The molecule has 0 radical (unpaired) electrons. The molecule has 0 bridgehead atoms. The average molecular weight is 392 g/mol. The van der Waals surface area contributed by atoms with Gasteiger partial charge in [0.05, 0.1) is 25.0 Å². The molecule has 2 saturated heterocycles. The van der Waals surface area contributed by atoms with Crippen LogP contribution in [0.25, 0.3) is 0 Å². The Kier molecular flexibility index (Phi) is 8.18. The second-order valence-electron chi connectivity index (χ2n) is 8.25. The van der Waals surface area contributed by atoms with Crippen LogP contribution in [0.2, 0.25) is 0 Å². The summed E-state index contributed by atoms with van der Waals surface area (Å²) in [6.07, 6.45) is 4.48. The summed E-state index contributed by atoms with van der Waals surface area (Å²) in [6.45, 7) is 12.3. The highest BCUT2D eigenvalue weighted by molar-refractivity contribution is 5.79. The second-order valence-corrected chi connectivity index (χ2v) is 8.25. The van der Waals surface area contributed by atoms with Gasteiger partial charge < -0.3 is 19.8 Å². The number of furan rings is 1. The minimum absolute atomic E-state index is 0.200. The fourth-order valence-corrected chi connectivity index (χ4v) is 4.15. The van der Waals surface area contributed by atoms with Crippen LogP contribution in [0.4, 0.5) is 0 Å². The number of rotatable bonds is 8. The molecule has 0 amide bonds. The highest BCUT2D eigenvalue weighted by Crippen LogP contribution is 2.24. The molecule has 158 valence electrons. The van der Waals surface area contributed by atoms with Crippen LogP contribution in [0.1, 0.15) is 38.5 Å². The van der Waals surface area contributed by atoms with E-state index >= 15 is 0 Å². The van der Waals surface area contributed by atoms with Crippen LogP contribution in [-0.2, 0) is 4.74 Å². The summed E-state index contributed by atoms with van der Waals surface area (Å²) in [5.74, 6) is 2.52. The maximum absolute atomic E-state index is 5.94. The van der Waals surface area contributed by atoms with E-state index < -0.39 is 0 Å². The largest absolute Gasteiger partial charge is 0.468 e. The van der Waals surface area contributed by atoms with E-state index in [1.807, 2.05) is 13.1 Å². The van der Waals surface area contributed by atoms with Gasteiger partial charge in [0.25, 0.3) is 0 Å². The topological polar surface area (TPSA) is 65.3 Å². The normalized spacial score (nSPS) is 23.3. The fraction of sp³-hybridized carbons (Fsp3) is 0.762. The molecule has 1 aromatic rings. The van der Waals surface area contributed by atoms with Gasteiger partial charge in [-0.05, 0) is 44.0 Å². The molecule has 0 aliphatic carbocycles. The Morgan fingerprint density at radius 3 is 2.75 bits per heavy atom. The molecule has 7 heteroatoms. The van der Waals surface area contributed by atoms with Crippen molar-refractivity contribution >= 4 is 5.96 Å². The molecule has 3 heterocycles. The van der Waals surface area contributed by atoms with Crippen molar-refractivity contribution in [3.8, 4) is 0 Å². The average Bonchev–Trinajstić information content (AvgIpc) is 3.39. The van der Waals surface area contributed by atoms with Crippen LogP contribution in [0.15, 0.2) is 27.8 Å². The third-order valence-electron chi connectivity index (χ3n) is 5.48. The summed E-state index contributed by atoms with van der Waals surface area (Å²) in [4.78, 5) is 9.39. The van der Waals surface area contributed by atoms with E-state index in [1.54, 1.807) is 6.26 Å². The van der Waals surface area contributed by atoms with E-state index in [9.17, 15) is 0 Å². The molecule has 2 N–H and O–H groups in total. The molecule has 2 atom stereocenters. The highest BCUT2D eigenvalue weighted by Gasteiger charge is 2.26. The lowest BCUT2D eigenvalue weighted by molar-refractivity contribution is -0.0284. The number of morpholine rings is 1. The van der Waals surface area contributed by atoms with Gasteiger partial charge in [-0.3, -0.25) is 14.8 Å². The van der Waals surface area contributed by atoms with Crippen molar-refractivity contribution in [1.82, 2.24) is 20.4 Å². The second kappa shape index (κ2) is 10.8. The van der Waals surface area contributed by atoms with Gasteiger partial charge in [0.2, 0.25) is 0 Å². The Labute approximate surface area is 169 Å². The standard InChI is InChI=1S/C21H37N5O2/c1-17(2)15-25-10-12-27-18(16-25)13-23-21(22-3)24-14-19(20-7-6-11-28-20)26-8-4-5-9-26/h6-7,11,17-19H,4-5,8-10,12-16H2,1-3H3,(H2,22,23,24). The number of aliphatic imine (C=N–C) groups is 1. The number of hydrogen-bond donors (Lipinski definition) is 2. The Morgan fingerprint density at radius 1 is 1.25 bits per heavy atom. The molecule has 3 rings (SSSR count). The first-order chi connectivity index (χ1) is 13.7. The Balaban J connectivity index is 1.47. The molecule has 0 aromatic carbocycles. The number of ether oxygens (including phenoxy) is 1. The SMILES string of the molecule is CN=C(NCC1CN(CC(C)C)CCO1)NCC(c1ccco1)N1CCCC1. The molecular weight excluding hydrogens is 354 g/mol. The van der Waals surface area contributed by atoms with Gasteiger partial charge in [-0.1, -0.05) is 13.8 Å². The van der Waals surface area contributed by atoms with Crippen molar-refractivity contribution in [2.75, 3.05) is 59.5 Å². The molecule has 2 unspecified atom stereocenters. The van der Waals surface area contributed by atoms with Crippen LogP contribution in [-0.4, -0.2) is 81.3 Å². The first kappa shape index (κ1) is 21.1. The molecule has 2 aliphatic heterocycles. The summed E-state index contributed by atoms with van der Waals surface area (Å²) >= 11 is 0. The quantitative estimate of drug-likeness (QED) is 0.522. The van der Waals surface area contributed by atoms with E-state index in [-0.39, 0.29) is 12.1 Å². The van der Waals surface area contributed by atoms with Gasteiger partial charge in [-0.25, -0.2) is 0 Å². The summed E-state index contributed by atoms with van der Waals surface area (Å²) < 4.78 is 11.6. The molecule has 0 saturated carbocycles. The third kappa shape index (κ3) is 6.22. The molecular formula is C21H37N5O2. The Hall–Kier alpha value is -1.57. The summed E-state index contributed by atoms with van der Waals surface area (Å²) in [5, 5.41) is 6.93. The minimum Gasteiger partial charge on any atom is -0.468 e. The van der Waals surface area contributed by atoms with Gasteiger partial charge in [0.15, 0.2) is 5.96 Å². The molecule has 0 spiro atoms. The lowest BCUT2D eigenvalue weighted by Crippen LogP contribution is -2.50. The minimum atomic E-state index is 0.200. The van der Waals surface area contributed by atoms with Gasteiger partial charge in [0.1, 0.15) is 5.76 Å². The van der Waals surface area contributed by atoms with Crippen molar-refractivity contribution in [3.05, 3.63) is 24.2 Å². The van der Waals surface area contributed by atoms with Crippen molar-refractivity contribution < 1.29 is 9.15 Å². The van der Waals surface area contributed by atoms with Crippen molar-refractivity contribution in [3.63, 3.8) is 0 Å².